The van der Waals surface area contributed by atoms with Crippen molar-refractivity contribution in [2.45, 2.75) is 6.54 Å². The van der Waals surface area contributed by atoms with Crippen LogP contribution in [0.5, 0.6) is 0 Å². The average molecular weight is 391 g/mol. The Labute approximate surface area is 161 Å². The molecular formula is C18H19ClN4O4. The molecule has 1 fully saturated rings. The standard InChI is InChI=1S/C18H19ClN4O4/c19-13-3-5-14(6-4-13)21-18(26)23-8-7-22(17(25)12-23)11-16(24)20-10-15-2-1-9-27-15/h1-6,9H,7-8,10-12H2,(H,20,24)(H,21,26). The maximum atomic E-state index is 12.3. The lowest BCUT2D eigenvalue weighted by Gasteiger charge is -2.33. The van der Waals surface area contributed by atoms with Gasteiger partial charge in [-0.05, 0) is 36.4 Å². The van der Waals surface area contributed by atoms with Gasteiger partial charge in [-0.3, -0.25) is 9.59 Å². The minimum absolute atomic E-state index is 0.0494. The third-order valence-corrected chi connectivity index (χ3v) is 4.33. The maximum absolute atomic E-state index is 12.3. The zero-order valence-electron chi connectivity index (χ0n) is 14.5. The van der Waals surface area contributed by atoms with Crippen molar-refractivity contribution in [3.63, 3.8) is 0 Å². The number of hydrogen-bond acceptors (Lipinski definition) is 4. The van der Waals surface area contributed by atoms with Gasteiger partial charge >= 0.3 is 6.03 Å². The lowest BCUT2D eigenvalue weighted by Crippen LogP contribution is -2.55. The number of carbonyl (C=O) groups is 3. The molecule has 9 heteroatoms. The van der Waals surface area contributed by atoms with E-state index in [4.69, 9.17) is 16.0 Å². The molecule has 1 saturated heterocycles. The molecule has 1 aromatic carbocycles. The van der Waals surface area contributed by atoms with Crippen molar-refractivity contribution in [3.05, 3.63) is 53.4 Å². The van der Waals surface area contributed by atoms with Crippen LogP contribution in [0.25, 0.3) is 0 Å². The van der Waals surface area contributed by atoms with Crippen molar-refractivity contribution in [1.29, 1.82) is 0 Å². The molecule has 0 bridgehead atoms. The van der Waals surface area contributed by atoms with Gasteiger partial charge in [0, 0.05) is 23.8 Å². The van der Waals surface area contributed by atoms with Crippen LogP contribution < -0.4 is 10.6 Å². The predicted octanol–water partition coefficient (Wildman–Crippen LogP) is 1.93. The molecule has 0 saturated carbocycles. The SMILES string of the molecule is O=C(CN1CCN(C(=O)Nc2ccc(Cl)cc2)CC1=O)NCc1ccco1. The minimum Gasteiger partial charge on any atom is -0.467 e. The molecule has 0 atom stereocenters. The van der Waals surface area contributed by atoms with Gasteiger partial charge in [-0.2, -0.15) is 0 Å². The van der Waals surface area contributed by atoms with Crippen LogP contribution in [0.4, 0.5) is 10.5 Å². The second-order valence-corrected chi connectivity index (χ2v) is 6.47. The summed E-state index contributed by atoms with van der Waals surface area (Å²) in [6.07, 6.45) is 1.53. The van der Waals surface area contributed by atoms with Gasteiger partial charge in [0.25, 0.3) is 0 Å². The van der Waals surface area contributed by atoms with Crippen LogP contribution >= 0.6 is 11.6 Å². The highest BCUT2D eigenvalue weighted by molar-refractivity contribution is 6.30. The first-order valence-electron chi connectivity index (χ1n) is 8.39. The van der Waals surface area contributed by atoms with Crippen LogP contribution in [-0.4, -0.2) is 53.8 Å². The summed E-state index contributed by atoms with van der Waals surface area (Å²) in [6, 6.07) is 9.82. The number of nitrogens with zero attached hydrogens (tertiary/aromatic N) is 2. The highest BCUT2D eigenvalue weighted by Gasteiger charge is 2.28. The molecule has 0 aliphatic carbocycles. The number of benzene rings is 1. The molecule has 8 nitrogen and oxygen atoms in total. The van der Waals surface area contributed by atoms with Gasteiger partial charge in [0.15, 0.2) is 0 Å². The van der Waals surface area contributed by atoms with Crippen LogP contribution in [0.1, 0.15) is 5.76 Å². The summed E-state index contributed by atoms with van der Waals surface area (Å²) in [6.45, 7) is 0.776. The molecule has 2 N–H and O–H groups in total. The summed E-state index contributed by atoms with van der Waals surface area (Å²) >= 11 is 5.81. The summed E-state index contributed by atoms with van der Waals surface area (Å²) in [5, 5.41) is 5.98. The molecule has 3 rings (SSSR count). The summed E-state index contributed by atoms with van der Waals surface area (Å²) in [7, 11) is 0. The van der Waals surface area contributed by atoms with Crippen molar-refractivity contribution < 1.29 is 18.8 Å². The topological polar surface area (TPSA) is 94.9 Å². The van der Waals surface area contributed by atoms with E-state index in [0.717, 1.165) is 0 Å². The Kier molecular flexibility index (Phi) is 5.97. The number of furan rings is 1. The lowest BCUT2D eigenvalue weighted by atomic mass is 10.3. The van der Waals surface area contributed by atoms with Gasteiger partial charge in [-0.15, -0.1) is 0 Å². The molecule has 2 aromatic rings. The summed E-state index contributed by atoms with van der Waals surface area (Å²) in [5.74, 6) is 0.0813. The zero-order chi connectivity index (χ0) is 19.2. The van der Waals surface area contributed by atoms with Crippen LogP contribution in [0, 0.1) is 0 Å². The van der Waals surface area contributed by atoms with E-state index in [2.05, 4.69) is 10.6 Å². The number of carbonyl (C=O) groups excluding carboxylic acids is 3. The highest BCUT2D eigenvalue weighted by Crippen LogP contribution is 2.14. The third-order valence-electron chi connectivity index (χ3n) is 4.08. The van der Waals surface area contributed by atoms with Crippen LogP contribution in [0.15, 0.2) is 47.1 Å². The Bertz CT molecular complexity index is 807. The number of amides is 4. The Balaban J connectivity index is 1.45. The van der Waals surface area contributed by atoms with E-state index in [1.165, 1.54) is 16.1 Å². The summed E-state index contributed by atoms with van der Waals surface area (Å²) < 4.78 is 5.14. The zero-order valence-corrected chi connectivity index (χ0v) is 15.2. The second-order valence-electron chi connectivity index (χ2n) is 6.03. The van der Waals surface area contributed by atoms with Gasteiger partial charge in [0.05, 0.1) is 19.4 Å². The first kappa shape index (κ1) is 18.8. The quantitative estimate of drug-likeness (QED) is 0.815. The molecule has 142 valence electrons. The molecule has 1 aromatic heterocycles. The fourth-order valence-corrected chi connectivity index (χ4v) is 2.74. The molecule has 0 unspecified atom stereocenters. The van der Waals surface area contributed by atoms with Crippen molar-refractivity contribution in [2.75, 3.05) is 31.5 Å². The molecule has 0 spiro atoms. The van der Waals surface area contributed by atoms with Gasteiger partial charge in [-0.25, -0.2) is 4.79 Å². The highest BCUT2D eigenvalue weighted by atomic mass is 35.5. The Morgan fingerprint density at radius 1 is 1.15 bits per heavy atom. The van der Waals surface area contributed by atoms with Gasteiger partial charge < -0.3 is 24.9 Å². The third kappa shape index (κ3) is 5.24. The first-order valence-corrected chi connectivity index (χ1v) is 8.77. The van der Waals surface area contributed by atoms with Crippen molar-refractivity contribution in [3.8, 4) is 0 Å². The minimum atomic E-state index is -0.368. The lowest BCUT2D eigenvalue weighted by molar-refractivity contribution is -0.139. The van der Waals surface area contributed by atoms with E-state index in [9.17, 15) is 14.4 Å². The van der Waals surface area contributed by atoms with Crippen LogP contribution in [-0.2, 0) is 16.1 Å². The molecule has 1 aliphatic heterocycles. The molecule has 4 amide bonds. The Morgan fingerprint density at radius 2 is 1.93 bits per heavy atom. The van der Waals surface area contributed by atoms with Gasteiger partial charge in [0.2, 0.25) is 11.8 Å². The molecular weight excluding hydrogens is 372 g/mol. The number of piperazine rings is 1. The first-order chi connectivity index (χ1) is 13.0. The van der Waals surface area contributed by atoms with Gasteiger partial charge in [0.1, 0.15) is 12.3 Å². The Hall–Kier alpha value is -3.00. The van der Waals surface area contributed by atoms with Gasteiger partial charge in [-0.1, -0.05) is 11.6 Å². The number of rotatable bonds is 5. The normalized spacial score (nSPS) is 14.2. The molecule has 2 heterocycles. The van der Waals surface area contributed by atoms with E-state index < -0.39 is 0 Å². The van der Waals surface area contributed by atoms with E-state index in [1.54, 1.807) is 36.4 Å². The van der Waals surface area contributed by atoms with E-state index in [-0.39, 0.29) is 37.5 Å². The number of anilines is 1. The number of nitrogens with one attached hydrogen (secondary N) is 2. The molecule has 1 aliphatic rings. The number of urea groups is 1. The van der Waals surface area contributed by atoms with E-state index in [1.807, 2.05) is 0 Å². The van der Waals surface area contributed by atoms with E-state index >= 15 is 0 Å². The average Bonchev–Trinajstić information content (AvgIpc) is 3.17. The smallest absolute Gasteiger partial charge is 0.322 e. The van der Waals surface area contributed by atoms with Crippen LogP contribution in [0.2, 0.25) is 5.02 Å². The molecule has 0 radical (unpaired) electrons. The maximum Gasteiger partial charge on any atom is 0.322 e. The number of halogens is 1. The fourth-order valence-electron chi connectivity index (χ4n) is 2.61. The summed E-state index contributed by atoms with van der Waals surface area (Å²) in [4.78, 5) is 39.4. The van der Waals surface area contributed by atoms with Crippen molar-refractivity contribution in [1.82, 2.24) is 15.1 Å². The van der Waals surface area contributed by atoms with Crippen molar-refractivity contribution >= 4 is 35.1 Å². The monoisotopic (exact) mass is 390 g/mol. The van der Waals surface area contributed by atoms with Crippen molar-refractivity contribution in [2.24, 2.45) is 0 Å². The predicted molar refractivity (Wildman–Crippen MR) is 99.2 cm³/mol. The van der Waals surface area contributed by atoms with E-state index in [0.29, 0.717) is 29.6 Å². The fraction of sp³-hybridized carbons (Fsp3) is 0.278. The summed E-state index contributed by atoms with van der Waals surface area (Å²) in [5.41, 5.74) is 0.594. The number of hydrogen-bond donors (Lipinski definition) is 2. The largest absolute Gasteiger partial charge is 0.467 e. The second kappa shape index (κ2) is 8.59. The Morgan fingerprint density at radius 3 is 2.59 bits per heavy atom. The van der Waals surface area contributed by atoms with Crippen LogP contribution in [0.3, 0.4) is 0 Å². The molecule has 27 heavy (non-hydrogen) atoms.